The van der Waals surface area contributed by atoms with Crippen LogP contribution in [0, 0.1) is 0 Å². The number of hydrogen-bond donors (Lipinski definition) is 1. The molecule has 2 rings (SSSR count). The summed E-state index contributed by atoms with van der Waals surface area (Å²) in [6, 6.07) is 0. The van der Waals surface area contributed by atoms with Crippen molar-refractivity contribution >= 4 is 22.6 Å². The summed E-state index contributed by atoms with van der Waals surface area (Å²) in [6.07, 6.45) is 1.98. The molecule has 2 heterocycles. The molecule has 0 aromatic carbocycles. The highest BCUT2D eigenvalue weighted by Gasteiger charge is 2.19. The Morgan fingerprint density at radius 1 is 1.82 bits per heavy atom. The van der Waals surface area contributed by atoms with E-state index in [1.165, 1.54) is 11.3 Å². The minimum atomic E-state index is 0.588. The first-order valence-electron chi connectivity index (χ1n) is 3.64. The van der Waals surface area contributed by atoms with E-state index in [4.69, 9.17) is 0 Å². The third-order valence-electron chi connectivity index (χ3n) is 2.05. The fourth-order valence-corrected chi connectivity index (χ4v) is 2.22. The normalized spacial score (nSPS) is 23.3. The van der Waals surface area contributed by atoms with E-state index in [9.17, 15) is 0 Å². The van der Waals surface area contributed by atoms with Gasteiger partial charge in [-0.15, -0.1) is 0 Å². The van der Waals surface area contributed by atoms with Gasteiger partial charge in [-0.3, -0.25) is 4.68 Å². The summed E-state index contributed by atoms with van der Waals surface area (Å²) >= 11 is 2.45. The van der Waals surface area contributed by atoms with Gasteiger partial charge >= 0.3 is 0 Å². The predicted octanol–water partition coefficient (Wildman–Crippen LogP) is 0.999. The molecule has 1 aliphatic heterocycles. The van der Waals surface area contributed by atoms with Gasteiger partial charge in [-0.25, -0.2) is 0 Å². The zero-order valence-corrected chi connectivity index (χ0v) is 8.50. The van der Waals surface area contributed by atoms with Crippen molar-refractivity contribution in [2.24, 2.45) is 7.05 Å². The smallest absolute Gasteiger partial charge is 0.0561 e. The van der Waals surface area contributed by atoms with E-state index in [1.807, 2.05) is 17.9 Å². The molecule has 11 heavy (non-hydrogen) atoms. The van der Waals surface area contributed by atoms with Crippen molar-refractivity contribution in [2.75, 3.05) is 6.54 Å². The molecular weight excluding hydrogens is 253 g/mol. The Kier molecular flexibility index (Phi) is 1.88. The molecule has 1 aliphatic rings. The van der Waals surface area contributed by atoms with Crippen molar-refractivity contribution in [3.63, 3.8) is 0 Å². The SMILES string of the molecule is Cn1ncc2c1CNCC2I. The van der Waals surface area contributed by atoms with Crippen LogP contribution in [-0.2, 0) is 13.6 Å². The molecule has 1 aromatic heterocycles. The van der Waals surface area contributed by atoms with Crippen molar-refractivity contribution in [1.29, 1.82) is 0 Å². The Hall–Kier alpha value is -0.100. The number of alkyl halides is 1. The highest BCUT2D eigenvalue weighted by molar-refractivity contribution is 14.1. The lowest BCUT2D eigenvalue weighted by Crippen LogP contribution is -2.26. The van der Waals surface area contributed by atoms with Gasteiger partial charge in [-0.1, -0.05) is 22.6 Å². The fourth-order valence-electron chi connectivity index (χ4n) is 1.39. The summed E-state index contributed by atoms with van der Waals surface area (Å²) in [4.78, 5) is 0. The Labute approximate surface area is 79.3 Å². The van der Waals surface area contributed by atoms with Gasteiger partial charge in [0.15, 0.2) is 0 Å². The second-order valence-corrected chi connectivity index (χ2v) is 4.27. The van der Waals surface area contributed by atoms with Gasteiger partial charge in [0, 0.05) is 25.7 Å². The van der Waals surface area contributed by atoms with E-state index < -0.39 is 0 Å². The molecule has 4 heteroatoms. The van der Waals surface area contributed by atoms with Gasteiger partial charge < -0.3 is 5.32 Å². The number of aromatic nitrogens is 2. The van der Waals surface area contributed by atoms with E-state index in [1.54, 1.807) is 0 Å². The molecule has 1 atom stereocenters. The van der Waals surface area contributed by atoms with Crippen LogP contribution in [0.4, 0.5) is 0 Å². The first kappa shape index (κ1) is 7.54. The fraction of sp³-hybridized carbons (Fsp3) is 0.571. The van der Waals surface area contributed by atoms with Crippen LogP contribution in [0.1, 0.15) is 15.2 Å². The van der Waals surface area contributed by atoms with Gasteiger partial charge in [0.25, 0.3) is 0 Å². The number of aryl methyl sites for hydroxylation is 1. The second kappa shape index (κ2) is 2.75. The van der Waals surface area contributed by atoms with Crippen LogP contribution in [0.2, 0.25) is 0 Å². The van der Waals surface area contributed by atoms with Crippen molar-refractivity contribution in [3.05, 3.63) is 17.5 Å². The summed E-state index contributed by atoms with van der Waals surface area (Å²) in [5, 5.41) is 7.57. The third kappa shape index (κ3) is 1.18. The predicted molar refractivity (Wildman–Crippen MR) is 51.7 cm³/mol. The molecule has 1 unspecified atom stereocenters. The lowest BCUT2D eigenvalue weighted by molar-refractivity contribution is 0.595. The van der Waals surface area contributed by atoms with E-state index >= 15 is 0 Å². The zero-order chi connectivity index (χ0) is 7.84. The van der Waals surface area contributed by atoms with Crippen LogP contribution < -0.4 is 5.32 Å². The number of rotatable bonds is 0. The van der Waals surface area contributed by atoms with Gasteiger partial charge in [-0.2, -0.15) is 5.10 Å². The molecule has 0 saturated heterocycles. The largest absolute Gasteiger partial charge is 0.310 e. The second-order valence-electron chi connectivity index (χ2n) is 2.77. The molecular formula is C7H10IN3. The van der Waals surface area contributed by atoms with Crippen molar-refractivity contribution in [3.8, 4) is 0 Å². The van der Waals surface area contributed by atoms with Crippen molar-refractivity contribution < 1.29 is 0 Å². The lowest BCUT2D eigenvalue weighted by Gasteiger charge is -2.18. The maximum Gasteiger partial charge on any atom is 0.0561 e. The molecule has 0 aliphatic carbocycles. The Morgan fingerprint density at radius 3 is 3.36 bits per heavy atom. The Morgan fingerprint density at radius 2 is 2.64 bits per heavy atom. The lowest BCUT2D eigenvalue weighted by atomic mass is 10.1. The van der Waals surface area contributed by atoms with Crippen LogP contribution in [0.25, 0.3) is 0 Å². The molecule has 0 radical (unpaired) electrons. The first-order valence-corrected chi connectivity index (χ1v) is 4.89. The maximum atomic E-state index is 4.22. The molecule has 1 N–H and O–H groups in total. The van der Waals surface area contributed by atoms with Crippen molar-refractivity contribution in [2.45, 2.75) is 10.5 Å². The van der Waals surface area contributed by atoms with Crippen LogP contribution >= 0.6 is 22.6 Å². The molecule has 3 nitrogen and oxygen atoms in total. The highest BCUT2D eigenvalue weighted by atomic mass is 127. The Balaban J connectivity index is 2.46. The molecule has 0 fully saturated rings. The summed E-state index contributed by atoms with van der Waals surface area (Å²) < 4.78 is 2.54. The van der Waals surface area contributed by atoms with Gasteiger partial charge in [-0.05, 0) is 0 Å². The van der Waals surface area contributed by atoms with E-state index in [0.29, 0.717) is 3.92 Å². The standard InChI is InChI=1S/C7H10IN3/c1-11-7-4-9-3-6(8)5(7)2-10-11/h2,6,9H,3-4H2,1H3. The van der Waals surface area contributed by atoms with E-state index in [-0.39, 0.29) is 0 Å². The maximum absolute atomic E-state index is 4.22. The minimum Gasteiger partial charge on any atom is -0.310 e. The highest BCUT2D eigenvalue weighted by Crippen LogP contribution is 2.28. The van der Waals surface area contributed by atoms with Crippen LogP contribution in [0.15, 0.2) is 6.20 Å². The average Bonchev–Trinajstić information content (AvgIpc) is 2.35. The van der Waals surface area contributed by atoms with Crippen LogP contribution in [-0.4, -0.2) is 16.3 Å². The van der Waals surface area contributed by atoms with Crippen molar-refractivity contribution in [1.82, 2.24) is 15.1 Å². The summed E-state index contributed by atoms with van der Waals surface area (Å²) in [5.41, 5.74) is 2.72. The third-order valence-corrected chi connectivity index (χ3v) is 3.16. The number of nitrogens with zero attached hydrogens (tertiary/aromatic N) is 2. The topological polar surface area (TPSA) is 29.9 Å². The molecule has 0 bridgehead atoms. The average molecular weight is 263 g/mol. The first-order chi connectivity index (χ1) is 5.29. The number of fused-ring (bicyclic) bond motifs is 1. The minimum absolute atomic E-state index is 0.588. The van der Waals surface area contributed by atoms with Crippen LogP contribution in [0.5, 0.6) is 0 Å². The van der Waals surface area contributed by atoms with Gasteiger partial charge in [0.05, 0.1) is 15.8 Å². The Bertz CT molecular complexity index is 269. The summed E-state index contributed by atoms with van der Waals surface area (Å²) in [6.45, 7) is 2.03. The van der Waals surface area contributed by atoms with E-state index in [2.05, 4.69) is 33.0 Å². The van der Waals surface area contributed by atoms with E-state index in [0.717, 1.165) is 13.1 Å². The summed E-state index contributed by atoms with van der Waals surface area (Å²) in [5.74, 6) is 0. The molecule has 1 aromatic rings. The van der Waals surface area contributed by atoms with Crippen LogP contribution in [0.3, 0.4) is 0 Å². The quantitative estimate of drug-likeness (QED) is 0.559. The number of halogens is 1. The number of nitrogens with one attached hydrogen (secondary N) is 1. The molecule has 0 amide bonds. The van der Waals surface area contributed by atoms with Gasteiger partial charge in [0.1, 0.15) is 0 Å². The molecule has 0 spiro atoms. The monoisotopic (exact) mass is 263 g/mol. The molecule has 0 saturated carbocycles. The number of hydrogen-bond acceptors (Lipinski definition) is 2. The molecule has 60 valence electrons. The zero-order valence-electron chi connectivity index (χ0n) is 6.34. The summed E-state index contributed by atoms with van der Waals surface area (Å²) in [7, 11) is 2.00. The van der Waals surface area contributed by atoms with Gasteiger partial charge in [0.2, 0.25) is 0 Å².